The van der Waals surface area contributed by atoms with Crippen molar-refractivity contribution in [3.8, 4) is 0 Å². The van der Waals surface area contributed by atoms with E-state index in [1.807, 2.05) is 11.8 Å². The van der Waals surface area contributed by atoms with Gasteiger partial charge < -0.3 is 5.11 Å². The Kier molecular flexibility index (Phi) is 5.62. The molecular weight excluding hydrogens is 341 g/mol. The highest BCUT2D eigenvalue weighted by molar-refractivity contribution is 7.99. The quantitative estimate of drug-likeness (QED) is 0.871. The van der Waals surface area contributed by atoms with E-state index < -0.39 is 16.6 Å². The smallest absolute Gasteiger partial charge is 0.242 e. The molecule has 0 bridgehead atoms. The highest BCUT2D eigenvalue weighted by atomic mass is 35.5. The van der Waals surface area contributed by atoms with E-state index in [0.29, 0.717) is 0 Å². The molecule has 0 atom stereocenters. The first-order chi connectivity index (χ1) is 9.45. The van der Waals surface area contributed by atoms with Gasteiger partial charge in [-0.25, -0.2) is 13.1 Å². The van der Waals surface area contributed by atoms with Crippen molar-refractivity contribution in [2.45, 2.75) is 30.4 Å². The van der Waals surface area contributed by atoms with Crippen LogP contribution in [0.4, 0.5) is 0 Å². The Balaban J connectivity index is 2.29. The van der Waals surface area contributed by atoms with Crippen LogP contribution in [0.1, 0.15) is 18.4 Å². The number of halogens is 2. The molecule has 20 heavy (non-hydrogen) atoms. The standard InChI is InChI=1S/C12H15Cl2NO3S2/c13-10-1-2-11(12(14)9(10)7-16)20(17,18)15-8-3-5-19-6-4-8/h1-2,8,15-16H,3-7H2. The number of sulfonamides is 1. The zero-order chi connectivity index (χ0) is 14.8. The van der Waals surface area contributed by atoms with Crippen LogP contribution in [0.5, 0.6) is 0 Å². The Morgan fingerprint density at radius 2 is 1.95 bits per heavy atom. The van der Waals surface area contributed by atoms with E-state index in [9.17, 15) is 13.5 Å². The van der Waals surface area contributed by atoms with Crippen LogP contribution in [-0.2, 0) is 16.6 Å². The Labute approximate surface area is 132 Å². The Morgan fingerprint density at radius 1 is 1.30 bits per heavy atom. The van der Waals surface area contributed by atoms with Crippen molar-refractivity contribution in [1.82, 2.24) is 4.72 Å². The molecule has 1 heterocycles. The first kappa shape index (κ1) is 16.4. The van der Waals surface area contributed by atoms with Crippen molar-refractivity contribution < 1.29 is 13.5 Å². The first-order valence-corrected chi connectivity index (χ1v) is 9.53. The largest absolute Gasteiger partial charge is 0.392 e. The zero-order valence-corrected chi connectivity index (χ0v) is 13.7. The second-order valence-corrected chi connectivity index (χ2v) is 8.20. The molecule has 0 saturated carbocycles. The lowest BCUT2D eigenvalue weighted by Crippen LogP contribution is -2.37. The van der Waals surface area contributed by atoms with Gasteiger partial charge in [0.15, 0.2) is 0 Å². The topological polar surface area (TPSA) is 66.4 Å². The highest BCUT2D eigenvalue weighted by Crippen LogP contribution is 2.31. The minimum atomic E-state index is -3.70. The number of aliphatic hydroxyl groups excluding tert-OH is 1. The van der Waals surface area contributed by atoms with Gasteiger partial charge in [-0.05, 0) is 36.5 Å². The molecule has 8 heteroatoms. The number of benzene rings is 1. The lowest BCUT2D eigenvalue weighted by molar-refractivity contribution is 0.281. The third-order valence-electron chi connectivity index (χ3n) is 3.14. The van der Waals surface area contributed by atoms with Crippen molar-refractivity contribution in [2.24, 2.45) is 0 Å². The van der Waals surface area contributed by atoms with E-state index in [4.69, 9.17) is 23.2 Å². The number of rotatable bonds is 4. The Hall–Kier alpha value is 0.0200. The molecule has 2 N–H and O–H groups in total. The summed E-state index contributed by atoms with van der Waals surface area (Å²) in [5.74, 6) is 1.90. The summed E-state index contributed by atoms with van der Waals surface area (Å²) in [6.45, 7) is -0.402. The number of hydrogen-bond acceptors (Lipinski definition) is 4. The van der Waals surface area contributed by atoms with E-state index in [0.717, 1.165) is 24.3 Å². The van der Waals surface area contributed by atoms with Crippen molar-refractivity contribution in [3.63, 3.8) is 0 Å². The molecular formula is C12H15Cl2NO3S2. The third kappa shape index (κ3) is 3.61. The monoisotopic (exact) mass is 355 g/mol. The van der Waals surface area contributed by atoms with Crippen LogP contribution in [0, 0.1) is 0 Å². The van der Waals surface area contributed by atoms with Gasteiger partial charge in [0.2, 0.25) is 10.0 Å². The summed E-state index contributed by atoms with van der Waals surface area (Å²) in [5.41, 5.74) is 0.232. The van der Waals surface area contributed by atoms with Gasteiger partial charge in [0.25, 0.3) is 0 Å². The number of nitrogens with one attached hydrogen (secondary N) is 1. The summed E-state index contributed by atoms with van der Waals surface area (Å²) in [6, 6.07) is 2.74. The first-order valence-electron chi connectivity index (χ1n) is 6.13. The summed E-state index contributed by atoms with van der Waals surface area (Å²) in [5, 5.41) is 9.46. The molecule has 4 nitrogen and oxygen atoms in total. The molecule has 2 rings (SSSR count). The molecule has 1 fully saturated rings. The molecule has 1 aromatic rings. The van der Waals surface area contributed by atoms with Gasteiger partial charge in [-0.15, -0.1) is 0 Å². The number of aliphatic hydroxyl groups is 1. The Bertz CT molecular complexity index is 587. The molecule has 0 aromatic heterocycles. The predicted octanol–water partition coefficient (Wildman–Crippen LogP) is 2.66. The van der Waals surface area contributed by atoms with Crippen LogP contribution >= 0.6 is 35.0 Å². The maximum atomic E-state index is 12.4. The molecule has 0 radical (unpaired) electrons. The van der Waals surface area contributed by atoms with Crippen molar-refractivity contribution >= 4 is 45.0 Å². The highest BCUT2D eigenvalue weighted by Gasteiger charge is 2.25. The number of hydrogen-bond donors (Lipinski definition) is 2. The van der Waals surface area contributed by atoms with Gasteiger partial charge in [0, 0.05) is 16.6 Å². The normalized spacial score (nSPS) is 17.4. The van der Waals surface area contributed by atoms with E-state index in [1.54, 1.807) is 0 Å². The van der Waals surface area contributed by atoms with Gasteiger partial charge in [0.05, 0.1) is 11.6 Å². The van der Waals surface area contributed by atoms with Crippen molar-refractivity contribution in [3.05, 3.63) is 27.7 Å². The number of thioether (sulfide) groups is 1. The molecule has 112 valence electrons. The van der Waals surface area contributed by atoms with Crippen LogP contribution in [-0.4, -0.2) is 31.1 Å². The SMILES string of the molecule is O=S(=O)(NC1CCSCC1)c1ccc(Cl)c(CO)c1Cl. The minimum absolute atomic E-state index is 0.0160. The molecule has 0 spiro atoms. The van der Waals surface area contributed by atoms with Crippen LogP contribution in [0.15, 0.2) is 17.0 Å². The average molecular weight is 356 g/mol. The third-order valence-corrected chi connectivity index (χ3v) is 6.65. The molecule has 1 saturated heterocycles. The van der Waals surface area contributed by atoms with Gasteiger partial charge in [-0.1, -0.05) is 23.2 Å². The fourth-order valence-electron chi connectivity index (χ4n) is 2.03. The predicted molar refractivity (Wildman–Crippen MR) is 83.1 cm³/mol. The van der Waals surface area contributed by atoms with Gasteiger partial charge in [-0.3, -0.25) is 0 Å². The van der Waals surface area contributed by atoms with E-state index >= 15 is 0 Å². The second-order valence-electron chi connectivity index (χ2n) is 4.50. The van der Waals surface area contributed by atoms with Gasteiger partial charge >= 0.3 is 0 Å². The lowest BCUT2D eigenvalue weighted by Gasteiger charge is -2.23. The van der Waals surface area contributed by atoms with E-state index in [1.165, 1.54) is 12.1 Å². The minimum Gasteiger partial charge on any atom is -0.392 e. The van der Waals surface area contributed by atoms with Crippen LogP contribution < -0.4 is 4.72 Å². The molecule has 1 aliphatic rings. The summed E-state index contributed by atoms with van der Waals surface area (Å²) in [7, 11) is -3.70. The van der Waals surface area contributed by atoms with Crippen LogP contribution in [0.25, 0.3) is 0 Å². The summed E-state index contributed by atoms with van der Waals surface area (Å²) < 4.78 is 27.4. The fraction of sp³-hybridized carbons (Fsp3) is 0.500. The fourth-order valence-corrected chi connectivity index (χ4v) is 5.34. The summed E-state index contributed by atoms with van der Waals surface area (Å²) in [4.78, 5) is -0.0363. The molecule has 0 unspecified atom stereocenters. The van der Waals surface area contributed by atoms with Gasteiger partial charge in [-0.2, -0.15) is 11.8 Å². The molecule has 0 amide bonds. The van der Waals surface area contributed by atoms with Crippen molar-refractivity contribution in [1.29, 1.82) is 0 Å². The van der Waals surface area contributed by atoms with E-state index in [2.05, 4.69) is 4.72 Å². The summed E-state index contributed by atoms with van der Waals surface area (Å²) >= 11 is 13.8. The molecule has 1 aliphatic heterocycles. The Morgan fingerprint density at radius 3 is 2.55 bits per heavy atom. The average Bonchev–Trinajstić information content (AvgIpc) is 2.39. The maximum absolute atomic E-state index is 12.4. The van der Waals surface area contributed by atoms with E-state index in [-0.39, 0.29) is 26.5 Å². The van der Waals surface area contributed by atoms with Crippen LogP contribution in [0.2, 0.25) is 10.0 Å². The summed E-state index contributed by atoms with van der Waals surface area (Å²) in [6.07, 6.45) is 1.62. The zero-order valence-electron chi connectivity index (χ0n) is 10.6. The van der Waals surface area contributed by atoms with Crippen molar-refractivity contribution in [2.75, 3.05) is 11.5 Å². The molecule has 0 aliphatic carbocycles. The van der Waals surface area contributed by atoms with Gasteiger partial charge in [0.1, 0.15) is 4.90 Å². The second kappa shape index (κ2) is 6.85. The molecule has 1 aromatic carbocycles. The lowest BCUT2D eigenvalue weighted by atomic mass is 10.2. The maximum Gasteiger partial charge on any atom is 0.242 e. The van der Waals surface area contributed by atoms with Crippen LogP contribution in [0.3, 0.4) is 0 Å².